The first-order chi connectivity index (χ1) is 15.2. The molecule has 11 heteroatoms. The van der Waals surface area contributed by atoms with Gasteiger partial charge in [0.25, 0.3) is 17.3 Å². The molecule has 170 valence electrons. The number of benzene rings is 1. The number of hydrogen-bond donors (Lipinski definition) is 0. The van der Waals surface area contributed by atoms with Crippen LogP contribution in [0.3, 0.4) is 0 Å². The van der Waals surface area contributed by atoms with Gasteiger partial charge in [0.2, 0.25) is 0 Å². The fraction of sp³-hybridized carbons (Fsp3) is 0.429. The number of aromatic nitrogens is 4. The average Bonchev–Trinajstić information content (AvgIpc) is 3.26. The summed E-state index contributed by atoms with van der Waals surface area (Å²) in [6, 6.07) is 6.32. The van der Waals surface area contributed by atoms with Crippen molar-refractivity contribution in [1.82, 2.24) is 20.0 Å². The Balaban J connectivity index is 1.82. The minimum Gasteiger partial charge on any atom is -0.413 e. The molecule has 6 nitrogen and oxygen atoms in total. The molecular formula is C21H19F5N4O2. The standard InChI is InChI=1S/C21H19F5N4O2/c22-17(23)19-28-27-18(32-19)16-10-14(12-6-2-1-3-7-12)20(31)30(29-16)11-13-8-4-5-9-15(13)21(24,25)26/h4-5,8-10,12,17H,1-3,6-7,11H2. The van der Waals surface area contributed by atoms with Gasteiger partial charge in [-0.2, -0.15) is 27.1 Å². The maximum atomic E-state index is 13.4. The lowest BCUT2D eigenvalue weighted by Crippen LogP contribution is -2.30. The van der Waals surface area contributed by atoms with Crippen LogP contribution in [0.5, 0.6) is 0 Å². The smallest absolute Gasteiger partial charge is 0.413 e. The summed E-state index contributed by atoms with van der Waals surface area (Å²) in [4.78, 5) is 13.2. The van der Waals surface area contributed by atoms with Crippen LogP contribution in [0, 0.1) is 0 Å². The van der Waals surface area contributed by atoms with Crippen LogP contribution in [-0.2, 0) is 12.7 Å². The van der Waals surface area contributed by atoms with E-state index in [2.05, 4.69) is 15.3 Å². The molecular weight excluding hydrogens is 435 g/mol. The number of rotatable bonds is 5. The van der Waals surface area contributed by atoms with Crippen molar-refractivity contribution >= 4 is 0 Å². The lowest BCUT2D eigenvalue weighted by Gasteiger charge is -2.22. The molecule has 1 aliphatic carbocycles. The van der Waals surface area contributed by atoms with Crippen LogP contribution >= 0.6 is 0 Å². The molecule has 4 rings (SSSR count). The third kappa shape index (κ3) is 4.56. The van der Waals surface area contributed by atoms with E-state index in [-0.39, 0.29) is 23.1 Å². The van der Waals surface area contributed by atoms with Crippen molar-refractivity contribution < 1.29 is 26.4 Å². The zero-order chi connectivity index (χ0) is 22.9. The van der Waals surface area contributed by atoms with E-state index in [1.165, 1.54) is 24.3 Å². The molecule has 0 atom stereocenters. The van der Waals surface area contributed by atoms with Gasteiger partial charge in [-0.15, -0.1) is 10.2 Å². The summed E-state index contributed by atoms with van der Waals surface area (Å²) in [7, 11) is 0. The number of hydrogen-bond acceptors (Lipinski definition) is 5. The van der Waals surface area contributed by atoms with E-state index < -0.39 is 36.2 Å². The van der Waals surface area contributed by atoms with Crippen molar-refractivity contribution in [3.63, 3.8) is 0 Å². The third-order valence-corrected chi connectivity index (χ3v) is 5.54. The maximum absolute atomic E-state index is 13.4. The van der Waals surface area contributed by atoms with Crippen LogP contribution < -0.4 is 5.56 Å². The molecule has 1 saturated carbocycles. The predicted octanol–water partition coefficient (Wildman–Crippen LogP) is 5.35. The zero-order valence-corrected chi connectivity index (χ0v) is 16.8. The normalized spacial score (nSPS) is 15.4. The van der Waals surface area contributed by atoms with Crippen LogP contribution in [0.1, 0.15) is 67.0 Å². The number of nitrogens with zero attached hydrogens (tertiary/aromatic N) is 4. The van der Waals surface area contributed by atoms with Crippen molar-refractivity contribution in [1.29, 1.82) is 0 Å². The Labute approximate surface area is 179 Å². The molecule has 2 aromatic heterocycles. The maximum Gasteiger partial charge on any atom is 0.416 e. The van der Waals surface area contributed by atoms with E-state index in [1.807, 2.05) is 0 Å². The first-order valence-electron chi connectivity index (χ1n) is 10.1. The largest absolute Gasteiger partial charge is 0.416 e. The van der Waals surface area contributed by atoms with Gasteiger partial charge in [0.05, 0.1) is 12.1 Å². The average molecular weight is 454 g/mol. The molecule has 0 bridgehead atoms. The second-order valence-corrected chi connectivity index (χ2v) is 7.68. The first-order valence-corrected chi connectivity index (χ1v) is 10.1. The SMILES string of the molecule is O=c1c(C2CCCCC2)cc(-c2nnc(C(F)F)o2)nn1Cc1ccccc1C(F)(F)F. The fourth-order valence-electron chi connectivity index (χ4n) is 4.00. The van der Waals surface area contributed by atoms with Gasteiger partial charge < -0.3 is 4.42 Å². The Kier molecular flexibility index (Phi) is 6.07. The van der Waals surface area contributed by atoms with Gasteiger partial charge in [0, 0.05) is 5.56 Å². The highest BCUT2D eigenvalue weighted by molar-refractivity contribution is 5.47. The molecule has 1 aliphatic rings. The molecule has 2 heterocycles. The molecule has 32 heavy (non-hydrogen) atoms. The van der Waals surface area contributed by atoms with Crippen molar-refractivity contribution in [2.45, 2.75) is 57.2 Å². The molecule has 3 aromatic rings. The van der Waals surface area contributed by atoms with Gasteiger partial charge in [-0.3, -0.25) is 4.79 Å². The summed E-state index contributed by atoms with van der Waals surface area (Å²) >= 11 is 0. The number of alkyl halides is 5. The summed E-state index contributed by atoms with van der Waals surface area (Å²) < 4.78 is 71.9. The molecule has 0 radical (unpaired) electrons. The Morgan fingerprint density at radius 3 is 2.47 bits per heavy atom. The highest BCUT2D eigenvalue weighted by Crippen LogP contribution is 2.34. The predicted molar refractivity (Wildman–Crippen MR) is 103 cm³/mol. The fourth-order valence-corrected chi connectivity index (χ4v) is 4.00. The summed E-state index contributed by atoms with van der Waals surface area (Å²) in [5, 5.41) is 10.9. The van der Waals surface area contributed by atoms with Gasteiger partial charge in [-0.25, -0.2) is 4.68 Å². The third-order valence-electron chi connectivity index (χ3n) is 5.54. The molecule has 0 amide bonds. The summed E-state index contributed by atoms with van der Waals surface area (Å²) in [5.74, 6) is -1.34. The van der Waals surface area contributed by atoms with Crippen LogP contribution in [0.2, 0.25) is 0 Å². The van der Waals surface area contributed by atoms with Crippen molar-refractivity contribution in [3.8, 4) is 11.6 Å². The van der Waals surface area contributed by atoms with Gasteiger partial charge in [-0.05, 0) is 36.5 Å². The highest BCUT2D eigenvalue weighted by Gasteiger charge is 2.33. The molecule has 0 N–H and O–H groups in total. The lowest BCUT2D eigenvalue weighted by molar-refractivity contribution is -0.138. The van der Waals surface area contributed by atoms with E-state index in [9.17, 15) is 26.7 Å². The summed E-state index contributed by atoms with van der Waals surface area (Å²) in [6.07, 6.45) is -3.26. The van der Waals surface area contributed by atoms with E-state index in [4.69, 9.17) is 4.42 Å². The minimum atomic E-state index is -4.61. The Hall–Kier alpha value is -3.11. The Bertz CT molecular complexity index is 1150. The van der Waals surface area contributed by atoms with Crippen molar-refractivity contribution in [2.24, 2.45) is 0 Å². The monoisotopic (exact) mass is 454 g/mol. The van der Waals surface area contributed by atoms with Crippen LogP contribution in [-0.4, -0.2) is 20.0 Å². The van der Waals surface area contributed by atoms with Crippen molar-refractivity contribution in [3.05, 3.63) is 63.3 Å². The van der Waals surface area contributed by atoms with Gasteiger partial charge in [-0.1, -0.05) is 37.5 Å². The van der Waals surface area contributed by atoms with Gasteiger partial charge in [0.15, 0.2) is 0 Å². The summed E-state index contributed by atoms with van der Waals surface area (Å²) in [5.41, 5.74) is -1.22. The lowest BCUT2D eigenvalue weighted by atomic mass is 9.84. The van der Waals surface area contributed by atoms with E-state index in [0.717, 1.165) is 42.9 Å². The van der Waals surface area contributed by atoms with Crippen molar-refractivity contribution in [2.75, 3.05) is 0 Å². The molecule has 0 saturated heterocycles. The molecule has 0 aliphatic heterocycles. The second kappa shape index (κ2) is 8.79. The van der Waals surface area contributed by atoms with Crippen LogP contribution in [0.15, 0.2) is 39.5 Å². The Morgan fingerprint density at radius 2 is 1.81 bits per heavy atom. The second-order valence-electron chi connectivity index (χ2n) is 7.68. The molecule has 0 unspecified atom stereocenters. The van der Waals surface area contributed by atoms with Gasteiger partial charge >= 0.3 is 12.6 Å². The van der Waals surface area contributed by atoms with Crippen LogP contribution in [0.25, 0.3) is 11.6 Å². The zero-order valence-electron chi connectivity index (χ0n) is 16.8. The highest BCUT2D eigenvalue weighted by atomic mass is 19.4. The quantitative estimate of drug-likeness (QED) is 0.486. The molecule has 1 fully saturated rings. The topological polar surface area (TPSA) is 73.8 Å². The van der Waals surface area contributed by atoms with E-state index in [1.54, 1.807) is 0 Å². The minimum absolute atomic E-state index is 0.0333. The van der Waals surface area contributed by atoms with Gasteiger partial charge in [0.1, 0.15) is 5.69 Å². The molecule has 1 aromatic carbocycles. The van der Waals surface area contributed by atoms with E-state index >= 15 is 0 Å². The first kappa shape index (κ1) is 22.1. The Morgan fingerprint density at radius 1 is 1.09 bits per heavy atom. The van der Waals surface area contributed by atoms with Crippen LogP contribution in [0.4, 0.5) is 22.0 Å². The van der Waals surface area contributed by atoms with E-state index in [0.29, 0.717) is 5.56 Å². The number of halogens is 5. The summed E-state index contributed by atoms with van der Waals surface area (Å²) in [6.45, 7) is -0.447. The molecule has 0 spiro atoms.